The van der Waals surface area contributed by atoms with Crippen LogP contribution in [-0.4, -0.2) is 70.2 Å². The van der Waals surface area contributed by atoms with Gasteiger partial charge < -0.3 is 15.5 Å². The number of benzene rings is 1. The summed E-state index contributed by atoms with van der Waals surface area (Å²) in [6.45, 7) is 8.88. The molecule has 1 aliphatic rings. The molecule has 0 bridgehead atoms. The highest BCUT2D eigenvalue weighted by Crippen LogP contribution is 2.28. The summed E-state index contributed by atoms with van der Waals surface area (Å²) in [5.74, 6) is 1.89. The van der Waals surface area contributed by atoms with Gasteiger partial charge in [-0.15, -0.1) is 0 Å². The van der Waals surface area contributed by atoms with Gasteiger partial charge in [0, 0.05) is 38.8 Å². The Bertz CT molecular complexity index is 1230. The van der Waals surface area contributed by atoms with Gasteiger partial charge in [0.1, 0.15) is 22.3 Å². The van der Waals surface area contributed by atoms with E-state index in [0.29, 0.717) is 38.9 Å². The van der Waals surface area contributed by atoms with Gasteiger partial charge in [-0.25, -0.2) is 19.9 Å². The highest BCUT2D eigenvalue weighted by molar-refractivity contribution is 7.78. The quantitative estimate of drug-likeness (QED) is 0.327. The molecule has 35 heavy (non-hydrogen) atoms. The lowest BCUT2D eigenvalue weighted by atomic mass is 10.2. The maximum absolute atomic E-state index is 12.7. The van der Waals surface area contributed by atoms with Crippen molar-refractivity contribution >= 4 is 68.7 Å². The monoisotopic (exact) mass is 528 g/mol. The van der Waals surface area contributed by atoms with Crippen LogP contribution in [0.15, 0.2) is 35.5 Å². The lowest BCUT2D eigenvalue weighted by Crippen LogP contribution is -2.47. The van der Waals surface area contributed by atoms with Crippen LogP contribution in [0, 0.1) is 13.8 Å². The number of halogens is 1. The maximum Gasteiger partial charge on any atom is 0.267 e. The first-order valence-electron chi connectivity index (χ1n) is 11.1. The van der Waals surface area contributed by atoms with Crippen LogP contribution >= 0.6 is 35.2 Å². The molecule has 2 aromatic heterocycles. The molecule has 2 N–H and O–H groups in total. The average Bonchev–Trinajstić information content (AvgIpc) is 3.30. The Morgan fingerprint density at radius 1 is 1.26 bits per heavy atom. The normalized spacial score (nSPS) is 13.9. The molecule has 1 aromatic carbocycles. The average molecular weight is 529 g/mol. The number of aryl methyl sites for hydroxylation is 2. The number of thiocarbonyl (C=S) groups is 1. The number of carbonyl (C=O) groups excluding carboxylic acids is 1. The van der Waals surface area contributed by atoms with Crippen LogP contribution in [0.2, 0.25) is 5.02 Å². The van der Waals surface area contributed by atoms with Crippen molar-refractivity contribution < 1.29 is 4.79 Å². The van der Waals surface area contributed by atoms with E-state index in [1.165, 1.54) is 17.5 Å². The number of thiazole rings is 1. The van der Waals surface area contributed by atoms with Crippen molar-refractivity contribution in [2.75, 3.05) is 54.8 Å². The summed E-state index contributed by atoms with van der Waals surface area (Å²) in [5, 5.41) is 9.56. The Balaban J connectivity index is 1.40. The van der Waals surface area contributed by atoms with Crippen molar-refractivity contribution in [3.63, 3.8) is 0 Å². The predicted molar refractivity (Wildman–Crippen MR) is 145 cm³/mol. The van der Waals surface area contributed by atoms with Gasteiger partial charge in [0.2, 0.25) is 0 Å². The Labute approximate surface area is 218 Å². The molecule has 0 aliphatic carbocycles. The summed E-state index contributed by atoms with van der Waals surface area (Å²) < 4.78 is 0. The second-order valence-corrected chi connectivity index (χ2v) is 9.62. The number of carbonyl (C=O) groups is 1. The van der Waals surface area contributed by atoms with Gasteiger partial charge in [0.05, 0.1) is 28.6 Å². The molecule has 3 aromatic rings. The Morgan fingerprint density at radius 2 is 2.06 bits per heavy atom. The number of hydrogen-bond donors (Lipinski definition) is 2. The van der Waals surface area contributed by atoms with Crippen LogP contribution in [0.5, 0.6) is 0 Å². The highest BCUT2D eigenvalue weighted by atomic mass is 35.5. The fraction of sp³-hybridized carbons (Fsp3) is 0.348. The smallest absolute Gasteiger partial charge is 0.267 e. The van der Waals surface area contributed by atoms with Crippen molar-refractivity contribution in [1.82, 2.24) is 19.9 Å². The minimum Gasteiger partial charge on any atom is -0.354 e. The number of piperazine rings is 1. The number of amides is 1. The van der Waals surface area contributed by atoms with Crippen molar-refractivity contribution in [3.8, 4) is 0 Å². The number of hydrogen-bond acceptors (Lipinski definition) is 10. The maximum atomic E-state index is 12.7. The summed E-state index contributed by atoms with van der Waals surface area (Å²) in [6, 6.07) is 7.39. The second-order valence-electron chi connectivity index (χ2n) is 8.00. The third-order valence-corrected chi connectivity index (χ3v) is 6.89. The molecule has 1 amide bonds. The topological polar surface area (TPSA) is 98.6 Å². The van der Waals surface area contributed by atoms with Gasteiger partial charge >= 0.3 is 0 Å². The zero-order valence-corrected chi connectivity index (χ0v) is 21.8. The molecular weight excluding hydrogens is 504 g/mol. The van der Waals surface area contributed by atoms with Crippen molar-refractivity contribution in [1.29, 1.82) is 0 Å². The molecule has 0 radical (unpaired) electrons. The third-order valence-electron chi connectivity index (χ3n) is 5.54. The fourth-order valence-corrected chi connectivity index (χ4v) is 4.81. The highest BCUT2D eigenvalue weighted by Gasteiger charge is 2.19. The predicted octanol–water partition coefficient (Wildman–Crippen LogP) is 4.42. The number of aliphatic imine (C=N–C) groups is 1. The summed E-state index contributed by atoms with van der Waals surface area (Å²) >= 11 is 12.1. The van der Waals surface area contributed by atoms with E-state index in [1.807, 2.05) is 32.0 Å². The van der Waals surface area contributed by atoms with Crippen molar-refractivity contribution in [3.05, 3.63) is 51.7 Å². The molecule has 0 spiro atoms. The molecular formula is C23H25ClN8OS2. The molecule has 4 rings (SSSR count). The number of isothiocyanates is 1. The largest absolute Gasteiger partial charge is 0.354 e. The SMILES string of the molecule is Cc1nc(Nc2ncc(C(=O)Nc3c(C)cccc3Cl)s2)cc(N2CCN(CCN=C=S)CC2)n1. The minimum atomic E-state index is -0.263. The molecule has 9 nitrogen and oxygen atoms in total. The molecule has 3 heterocycles. The summed E-state index contributed by atoms with van der Waals surface area (Å²) in [7, 11) is 0. The van der Waals surface area contributed by atoms with E-state index in [9.17, 15) is 4.79 Å². The summed E-state index contributed by atoms with van der Waals surface area (Å²) in [6.07, 6.45) is 1.54. The van der Waals surface area contributed by atoms with Gasteiger partial charge in [-0.2, -0.15) is 0 Å². The Morgan fingerprint density at radius 3 is 2.80 bits per heavy atom. The van der Waals surface area contributed by atoms with Crippen LogP contribution in [-0.2, 0) is 0 Å². The van der Waals surface area contributed by atoms with Crippen LogP contribution in [0.4, 0.5) is 22.5 Å². The standard InChI is InChI=1S/C23H25ClN8OS2/c1-15-4-3-5-17(24)21(15)30-22(33)18-13-26-23(35-18)29-19-12-20(28-16(2)27-19)32-10-8-31(9-11-32)7-6-25-14-34/h3-5,12-13H,6-11H2,1-2H3,(H,30,33)(H,26,27,28,29). The van der Waals surface area contributed by atoms with Crippen LogP contribution in [0.1, 0.15) is 21.1 Å². The van der Waals surface area contributed by atoms with Crippen LogP contribution < -0.4 is 15.5 Å². The van der Waals surface area contributed by atoms with Gasteiger partial charge in [-0.1, -0.05) is 35.1 Å². The van der Waals surface area contributed by atoms with Gasteiger partial charge in [0.15, 0.2) is 5.13 Å². The van der Waals surface area contributed by atoms with Gasteiger partial charge in [-0.05, 0) is 37.7 Å². The molecule has 12 heteroatoms. The van der Waals surface area contributed by atoms with E-state index in [4.69, 9.17) is 11.6 Å². The van der Waals surface area contributed by atoms with Crippen molar-refractivity contribution in [2.45, 2.75) is 13.8 Å². The number of anilines is 4. The molecule has 0 saturated carbocycles. The number of para-hydroxylation sites is 1. The number of nitrogens with one attached hydrogen (secondary N) is 2. The third kappa shape index (κ3) is 6.59. The Hall–Kier alpha value is -2.95. The number of nitrogens with zero attached hydrogens (tertiary/aromatic N) is 6. The lowest BCUT2D eigenvalue weighted by Gasteiger charge is -2.35. The van der Waals surface area contributed by atoms with Crippen LogP contribution in [0.3, 0.4) is 0 Å². The molecule has 1 saturated heterocycles. The molecule has 182 valence electrons. The van der Waals surface area contributed by atoms with E-state index >= 15 is 0 Å². The van der Waals surface area contributed by atoms with E-state index in [2.05, 4.69) is 57.8 Å². The van der Waals surface area contributed by atoms with Crippen LogP contribution in [0.25, 0.3) is 0 Å². The molecule has 1 aliphatic heterocycles. The first-order valence-corrected chi connectivity index (χ1v) is 12.7. The van der Waals surface area contributed by atoms with Gasteiger partial charge in [0.25, 0.3) is 5.91 Å². The first-order chi connectivity index (χ1) is 16.9. The lowest BCUT2D eigenvalue weighted by molar-refractivity contribution is 0.103. The Kier molecular flexibility index (Phi) is 8.37. The molecule has 1 fully saturated rings. The van der Waals surface area contributed by atoms with E-state index in [0.717, 1.165) is 44.1 Å². The molecule has 0 atom stereocenters. The van der Waals surface area contributed by atoms with E-state index < -0.39 is 0 Å². The van der Waals surface area contributed by atoms with Crippen molar-refractivity contribution in [2.24, 2.45) is 4.99 Å². The fourth-order valence-electron chi connectivity index (χ4n) is 3.73. The minimum absolute atomic E-state index is 0.263. The number of aromatic nitrogens is 3. The summed E-state index contributed by atoms with van der Waals surface area (Å²) in [5.41, 5.74) is 1.49. The first kappa shape index (κ1) is 25.2. The molecule has 0 unspecified atom stereocenters. The van der Waals surface area contributed by atoms with E-state index in [-0.39, 0.29) is 5.91 Å². The zero-order valence-electron chi connectivity index (χ0n) is 19.4. The number of rotatable bonds is 8. The van der Waals surface area contributed by atoms with E-state index in [1.54, 1.807) is 6.07 Å². The second kappa shape index (κ2) is 11.7. The summed E-state index contributed by atoms with van der Waals surface area (Å²) in [4.78, 5) is 35.2. The zero-order chi connectivity index (χ0) is 24.8. The van der Waals surface area contributed by atoms with Gasteiger partial charge in [-0.3, -0.25) is 9.69 Å².